The molecule has 3 aliphatic heterocycles. The van der Waals surface area contributed by atoms with E-state index in [1.807, 2.05) is 0 Å². The molecule has 5 nitrogen and oxygen atoms in total. The van der Waals surface area contributed by atoms with Gasteiger partial charge in [0.25, 0.3) is 0 Å². The smallest absolute Gasteiger partial charge is 0.370 e. The highest BCUT2D eigenvalue weighted by Crippen LogP contribution is 2.47. The van der Waals surface area contributed by atoms with E-state index in [4.69, 9.17) is 4.74 Å². The lowest BCUT2D eigenvalue weighted by Gasteiger charge is -2.47. The minimum absolute atomic E-state index is 0.0339. The molecule has 4 heterocycles. The summed E-state index contributed by atoms with van der Waals surface area (Å²) in [5, 5.41) is 3.65. The monoisotopic (exact) mass is 488 g/mol. The Bertz CT molecular complexity index is 1070. The van der Waals surface area contributed by atoms with Crippen LogP contribution in [0, 0.1) is 18.8 Å². The van der Waals surface area contributed by atoms with Crippen LogP contribution in [0.5, 0.6) is 5.88 Å². The van der Waals surface area contributed by atoms with Crippen LogP contribution in [0.4, 0.5) is 0 Å². The number of pyridine rings is 1. The summed E-state index contributed by atoms with van der Waals surface area (Å²) in [5.74, 6) is 2.42. The summed E-state index contributed by atoms with van der Waals surface area (Å²) in [4.78, 5) is 20.4. The number of nitrogens with zero attached hydrogens (tertiary/aromatic N) is 1. The fourth-order valence-electron chi connectivity index (χ4n) is 7.87. The molecule has 1 aromatic heterocycles. The van der Waals surface area contributed by atoms with Gasteiger partial charge in [0.15, 0.2) is 5.69 Å². The molecule has 2 aromatic rings. The predicted octanol–water partition coefficient (Wildman–Crippen LogP) is 4.79. The third-order valence-corrected chi connectivity index (χ3v) is 9.75. The van der Waals surface area contributed by atoms with Gasteiger partial charge in [-0.05, 0) is 62.0 Å². The van der Waals surface area contributed by atoms with Crippen molar-refractivity contribution in [3.05, 3.63) is 59.3 Å². The van der Waals surface area contributed by atoms with Crippen LogP contribution in [-0.4, -0.2) is 43.1 Å². The van der Waals surface area contributed by atoms with E-state index in [9.17, 15) is 4.79 Å². The molecule has 3 fully saturated rings. The fraction of sp³-hybridized carbons (Fsp3) is 0.613. The number of fused-ring (bicyclic) bond motifs is 2. The van der Waals surface area contributed by atoms with Crippen LogP contribution >= 0.6 is 0 Å². The summed E-state index contributed by atoms with van der Waals surface area (Å²) in [6.45, 7) is 5.29. The summed E-state index contributed by atoms with van der Waals surface area (Å²) >= 11 is 0. The lowest BCUT2D eigenvalue weighted by Crippen LogP contribution is -2.54. The van der Waals surface area contributed by atoms with Gasteiger partial charge in [-0.3, -0.25) is 4.79 Å². The van der Waals surface area contributed by atoms with E-state index in [1.165, 1.54) is 43.2 Å². The molecule has 1 unspecified atom stereocenters. The molecule has 4 aliphatic rings. The minimum atomic E-state index is -0.194. The number of benzene rings is 1. The van der Waals surface area contributed by atoms with Gasteiger partial charge in [0.2, 0.25) is 5.91 Å². The van der Waals surface area contributed by atoms with Crippen molar-refractivity contribution in [1.29, 1.82) is 0 Å². The van der Waals surface area contributed by atoms with Gasteiger partial charge in [-0.2, -0.15) is 4.98 Å². The van der Waals surface area contributed by atoms with Crippen LogP contribution in [0.1, 0.15) is 80.5 Å². The Kier molecular flexibility index (Phi) is 6.76. The number of hydrogen-bond donors (Lipinski definition) is 1. The zero-order valence-electron chi connectivity index (χ0n) is 21.8. The van der Waals surface area contributed by atoms with Crippen LogP contribution in [0.3, 0.4) is 0 Å². The second-order valence-electron chi connectivity index (χ2n) is 11.8. The Morgan fingerprint density at radius 3 is 2.72 bits per heavy atom. The maximum atomic E-state index is 14.6. The van der Waals surface area contributed by atoms with E-state index in [0.717, 1.165) is 56.9 Å². The molecule has 0 radical (unpaired) electrons. The molecule has 5 heteroatoms. The van der Waals surface area contributed by atoms with E-state index >= 15 is 0 Å². The largest absolute Gasteiger partial charge is 0.444 e. The van der Waals surface area contributed by atoms with Crippen molar-refractivity contribution < 1.29 is 14.5 Å². The number of ether oxygens (including phenoxy) is 1. The van der Waals surface area contributed by atoms with Crippen LogP contribution in [-0.2, 0) is 10.2 Å². The first-order chi connectivity index (χ1) is 17.7. The SMILES string of the molecule is Cc1ccc2c([nH+]1)OCCC[C@]21CNCC1C(=O)N1CC[C@@H](c2ccccc2)C[C@H]1C1CCCCC1. The molecule has 1 spiro atoms. The van der Waals surface area contributed by atoms with Crippen molar-refractivity contribution in [1.82, 2.24) is 10.2 Å². The zero-order chi connectivity index (χ0) is 24.5. The van der Waals surface area contributed by atoms with E-state index in [1.54, 1.807) is 0 Å². The Balaban J connectivity index is 1.31. The molecule has 6 rings (SSSR count). The number of nitrogens with one attached hydrogen (secondary N) is 2. The number of likely N-dealkylation sites (tertiary alicyclic amines) is 1. The number of aromatic amines is 1. The predicted molar refractivity (Wildman–Crippen MR) is 141 cm³/mol. The standard InChI is InChI=1S/C31H41N3O2/c1-22-13-14-26-29(33-22)36-18-8-16-31(26)21-32-20-27(31)30(35)34-17-15-25(23-9-4-2-5-10-23)19-28(34)24-11-6-3-7-12-24/h2,4-5,9-10,13-14,24-25,27-28,32H,3,6-8,11-12,15-21H2,1H3/p+1/t25-,27?,28+,31+/m1/s1. The number of piperidine rings is 1. The third kappa shape index (κ3) is 4.34. The topological polar surface area (TPSA) is 55.7 Å². The number of carbonyl (C=O) groups excluding carboxylic acids is 1. The Labute approximate surface area is 216 Å². The number of hydrogen-bond acceptors (Lipinski definition) is 3. The highest BCUT2D eigenvalue weighted by molar-refractivity contribution is 5.82. The first-order valence-electron chi connectivity index (χ1n) is 14.4. The second-order valence-corrected chi connectivity index (χ2v) is 11.8. The fourth-order valence-corrected chi connectivity index (χ4v) is 7.87. The van der Waals surface area contributed by atoms with E-state index in [2.05, 4.69) is 64.6 Å². The van der Waals surface area contributed by atoms with E-state index in [-0.39, 0.29) is 11.3 Å². The van der Waals surface area contributed by atoms with Crippen LogP contribution in [0.25, 0.3) is 0 Å². The molecule has 1 saturated carbocycles. The number of aromatic nitrogens is 1. The van der Waals surface area contributed by atoms with Gasteiger partial charge in [0, 0.05) is 44.1 Å². The first-order valence-corrected chi connectivity index (χ1v) is 14.4. The molecule has 1 amide bonds. The van der Waals surface area contributed by atoms with Crippen molar-refractivity contribution in [3.8, 4) is 5.88 Å². The molecule has 4 atom stereocenters. The summed E-state index contributed by atoms with van der Waals surface area (Å²) < 4.78 is 6.16. The first kappa shape index (κ1) is 24.0. The molecule has 1 aromatic carbocycles. The van der Waals surface area contributed by atoms with Crippen molar-refractivity contribution in [2.24, 2.45) is 11.8 Å². The second kappa shape index (κ2) is 10.2. The van der Waals surface area contributed by atoms with E-state index < -0.39 is 0 Å². The van der Waals surface area contributed by atoms with Crippen molar-refractivity contribution in [3.63, 3.8) is 0 Å². The highest BCUT2D eigenvalue weighted by atomic mass is 16.5. The number of amides is 1. The van der Waals surface area contributed by atoms with Crippen molar-refractivity contribution >= 4 is 5.91 Å². The Hall–Kier alpha value is -2.40. The van der Waals surface area contributed by atoms with Gasteiger partial charge in [0.05, 0.1) is 18.1 Å². The van der Waals surface area contributed by atoms with Gasteiger partial charge in [-0.15, -0.1) is 0 Å². The summed E-state index contributed by atoms with van der Waals surface area (Å²) in [6.07, 6.45) is 10.7. The van der Waals surface area contributed by atoms with E-state index in [0.29, 0.717) is 30.4 Å². The molecular formula is C31H42N3O2+. The van der Waals surface area contributed by atoms with Gasteiger partial charge < -0.3 is 15.0 Å². The van der Waals surface area contributed by atoms with Gasteiger partial charge >= 0.3 is 5.88 Å². The maximum Gasteiger partial charge on any atom is 0.370 e. The van der Waals surface area contributed by atoms with Gasteiger partial charge in [-0.25, -0.2) is 0 Å². The van der Waals surface area contributed by atoms with Crippen molar-refractivity contribution in [2.75, 3.05) is 26.2 Å². The molecule has 2 N–H and O–H groups in total. The Morgan fingerprint density at radius 1 is 1.06 bits per heavy atom. The van der Waals surface area contributed by atoms with Crippen molar-refractivity contribution in [2.45, 2.75) is 82.1 Å². The molecule has 0 bridgehead atoms. The zero-order valence-corrected chi connectivity index (χ0v) is 21.8. The average Bonchev–Trinajstić information content (AvgIpc) is 3.27. The van der Waals surface area contributed by atoms with Crippen LogP contribution in [0.15, 0.2) is 42.5 Å². The normalized spacial score (nSPS) is 31.0. The van der Waals surface area contributed by atoms with Crippen LogP contribution < -0.4 is 15.0 Å². The van der Waals surface area contributed by atoms with Gasteiger partial charge in [0.1, 0.15) is 0 Å². The Morgan fingerprint density at radius 2 is 1.89 bits per heavy atom. The van der Waals surface area contributed by atoms with Gasteiger partial charge in [-0.1, -0.05) is 49.6 Å². The summed E-state index contributed by atoms with van der Waals surface area (Å²) in [6, 6.07) is 15.8. The third-order valence-electron chi connectivity index (χ3n) is 9.75. The number of rotatable bonds is 3. The number of aryl methyl sites for hydroxylation is 1. The average molecular weight is 489 g/mol. The van der Waals surface area contributed by atoms with Crippen LogP contribution in [0.2, 0.25) is 0 Å². The molecular weight excluding hydrogens is 446 g/mol. The lowest BCUT2D eigenvalue weighted by atomic mass is 9.68. The quantitative estimate of drug-likeness (QED) is 0.676. The molecule has 1 aliphatic carbocycles. The summed E-state index contributed by atoms with van der Waals surface area (Å²) in [7, 11) is 0. The summed E-state index contributed by atoms with van der Waals surface area (Å²) in [5.41, 5.74) is 3.55. The molecule has 192 valence electrons. The number of H-pyrrole nitrogens is 1. The molecule has 2 saturated heterocycles. The molecule has 36 heavy (non-hydrogen) atoms. The maximum absolute atomic E-state index is 14.6. The highest BCUT2D eigenvalue weighted by Gasteiger charge is 2.53. The minimum Gasteiger partial charge on any atom is -0.444 e. The lowest BCUT2D eigenvalue weighted by molar-refractivity contribution is -0.404. The number of carbonyl (C=O) groups is 1.